The van der Waals surface area contributed by atoms with E-state index in [9.17, 15) is 0 Å². The molecule has 1 fully saturated rings. The number of rotatable bonds is 3. The molecular weight excluding hydrogens is 252 g/mol. The van der Waals surface area contributed by atoms with Crippen molar-refractivity contribution in [3.05, 3.63) is 36.5 Å². The fourth-order valence-electron chi connectivity index (χ4n) is 2.47. The van der Waals surface area contributed by atoms with Crippen molar-refractivity contribution >= 4 is 11.8 Å². The Morgan fingerprint density at radius 2 is 2.10 bits per heavy atom. The molecular formula is C14H18N6. The van der Waals surface area contributed by atoms with Gasteiger partial charge in [-0.25, -0.2) is 15.0 Å². The Balaban J connectivity index is 1.76. The molecule has 0 aliphatic carbocycles. The van der Waals surface area contributed by atoms with Crippen LogP contribution in [0.2, 0.25) is 0 Å². The van der Waals surface area contributed by atoms with Gasteiger partial charge in [0.05, 0.1) is 11.9 Å². The SMILES string of the molecule is CN(C)c1nccc([C@H]2CCN(c3cnccn3)C2)n1. The lowest BCUT2D eigenvalue weighted by atomic mass is 10.1. The summed E-state index contributed by atoms with van der Waals surface area (Å²) in [5.41, 5.74) is 1.11. The zero-order valence-electron chi connectivity index (χ0n) is 11.8. The van der Waals surface area contributed by atoms with E-state index in [1.807, 2.05) is 37.5 Å². The van der Waals surface area contributed by atoms with E-state index in [2.05, 4.69) is 24.8 Å². The van der Waals surface area contributed by atoms with Crippen LogP contribution in [0.4, 0.5) is 11.8 Å². The second-order valence-corrected chi connectivity index (χ2v) is 5.17. The van der Waals surface area contributed by atoms with Crippen molar-refractivity contribution in [3.8, 4) is 0 Å². The first kappa shape index (κ1) is 12.8. The van der Waals surface area contributed by atoms with Gasteiger partial charge in [-0.15, -0.1) is 0 Å². The van der Waals surface area contributed by atoms with Crippen molar-refractivity contribution < 1.29 is 0 Å². The molecule has 0 amide bonds. The molecule has 2 aromatic heterocycles. The van der Waals surface area contributed by atoms with E-state index in [0.717, 1.165) is 37.0 Å². The quantitative estimate of drug-likeness (QED) is 0.838. The first-order chi connectivity index (χ1) is 9.74. The Kier molecular flexibility index (Phi) is 3.45. The molecule has 0 unspecified atom stereocenters. The summed E-state index contributed by atoms with van der Waals surface area (Å²) in [7, 11) is 3.92. The first-order valence-corrected chi connectivity index (χ1v) is 6.75. The maximum absolute atomic E-state index is 4.63. The second kappa shape index (κ2) is 5.40. The molecule has 0 saturated carbocycles. The van der Waals surface area contributed by atoms with Crippen LogP contribution in [0, 0.1) is 0 Å². The van der Waals surface area contributed by atoms with Crippen LogP contribution >= 0.6 is 0 Å². The molecule has 0 radical (unpaired) electrons. The van der Waals surface area contributed by atoms with Gasteiger partial charge >= 0.3 is 0 Å². The molecule has 1 saturated heterocycles. The molecule has 0 aromatic carbocycles. The maximum Gasteiger partial charge on any atom is 0.224 e. The van der Waals surface area contributed by atoms with Crippen LogP contribution in [-0.2, 0) is 0 Å². The topological polar surface area (TPSA) is 58.0 Å². The lowest BCUT2D eigenvalue weighted by Crippen LogP contribution is -2.21. The van der Waals surface area contributed by atoms with Gasteiger partial charge in [-0.1, -0.05) is 0 Å². The average molecular weight is 270 g/mol. The molecule has 1 atom stereocenters. The van der Waals surface area contributed by atoms with Crippen molar-refractivity contribution in [2.45, 2.75) is 12.3 Å². The Hall–Kier alpha value is -2.24. The zero-order chi connectivity index (χ0) is 13.9. The van der Waals surface area contributed by atoms with Gasteiger partial charge in [0.2, 0.25) is 5.95 Å². The molecule has 6 nitrogen and oxygen atoms in total. The van der Waals surface area contributed by atoms with Crippen molar-refractivity contribution in [1.29, 1.82) is 0 Å². The van der Waals surface area contributed by atoms with Gasteiger partial charge in [0.15, 0.2) is 0 Å². The molecule has 3 rings (SSSR count). The number of hydrogen-bond donors (Lipinski definition) is 0. The molecule has 20 heavy (non-hydrogen) atoms. The number of aromatic nitrogens is 4. The summed E-state index contributed by atoms with van der Waals surface area (Å²) in [6.45, 7) is 1.92. The highest BCUT2D eigenvalue weighted by Gasteiger charge is 2.26. The van der Waals surface area contributed by atoms with Gasteiger partial charge in [-0.3, -0.25) is 4.98 Å². The number of hydrogen-bond acceptors (Lipinski definition) is 6. The molecule has 6 heteroatoms. The average Bonchev–Trinajstić information content (AvgIpc) is 2.98. The zero-order valence-corrected chi connectivity index (χ0v) is 11.8. The predicted octanol–water partition coefficient (Wildman–Crippen LogP) is 1.33. The van der Waals surface area contributed by atoms with Crippen LogP contribution in [-0.4, -0.2) is 47.1 Å². The van der Waals surface area contributed by atoms with Gasteiger partial charge in [-0.05, 0) is 12.5 Å². The molecule has 3 heterocycles. The van der Waals surface area contributed by atoms with Crippen LogP contribution < -0.4 is 9.80 Å². The third kappa shape index (κ3) is 2.54. The van der Waals surface area contributed by atoms with E-state index in [-0.39, 0.29) is 0 Å². The highest BCUT2D eigenvalue weighted by atomic mass is 15.2. The standard InChI is InChI=1S/C14H18N6/c1-19(2)14-17-5-3-12(18-14)11-4-8-20(10-11)13-9-15-6-7-16-13/h3,5-7,9,11H,4,8,10H2,1-2H3/t11-/m0/s1. The third-order valence-electron chi connectivity index (χ3n) is 3.54. The van der Waals surface area contributed by atoms with Crippen LogP contribution in [0.5, 0.6) is 0 Å². The normalized spacial score (nSPS) is 18.3. The Bertz CT molecular complexity index is 571. The lowest BCUT2D eigenvalue weighted by Gasteiger charge is -2.17. The minimum Gasteiger partial charge on any atom is -0.355 e. The van der Waals surface area contributed by atoms with Crippen LogP contribution in [0.3, 0.4) is 0 Å². The highest BCUT2D eigenvalue weighted by Crippen LogP contribution is 2.28. The second-order valence-electron chi connectivity index (χ2n) is 5.17. The van der Waals surface area contributed by atoms with Crippen molar-refractivity contribution in [2.75, 3.05) is 37.0 Å². The van der Waals surface area contributed by atoms with Gasteiger partial charge < -0.3 is 9.80 Å². The minimum absolute atomic E-state index is 0.429. The minimum atomic E-state index is 0.429. The maximum atomic E-state index is 4.63. The molecule has 1 aliphatic heterocycles. The number of nitrogens with zero attached hydrogens (tertiary/aromatic N) is 6. The predicted molar refractivity (Wildman–Crippen MR) is 78.0 cm³/mol. The fraction of sp³-hybridized carbons (Fsp3) is 0.429. The van der Waals surface area contributed by atoms with E-state index >= 15 is 0 Å². The Morgan fingerprint density at radius 1 is 1.20 bits per heavy atom. The van der Waals surface area contributed by atoms with E-state index in [4.69, 9.17) is 0 Å². The summed E-state index contributed by atoms with van der Waals surface area (Å²) in [5, 5.41) is 0. The molecule has 2 aromatic rings. The van der Waals surface area contributed by atoms with E-state index < -0.39 is 0 Å². The van der Waals surface area contributed by atoms with Crippen LogP contribution in [0.15, 0.2) is 30.9 Å². The lowest BCUT2D eigenvalue weighted by molar-refractivity contribution is 0.736. The Morgan fingerprint density at radius 3 is 2.85 bits per heavy atom. The largest absolute Gasteiger partial charge is 0.355 e. The molecule has 0 bridgehead atoms. The Labute approximate surface area is 118 Å². The van der Waals surface area contributed by atoms with Gasteiger partial charge in [0.1, 0.15) is 5.82 Å². The van der Waals surface area contributed by atoms with E-state index in [1.165, 1.54) is 0 Å². The van der Waals surface area contributed by atoms with Crippen molar-refractivity contribution in [2.24, 2.45) is 0 Å². The first-order valence-electron chi connectivity index (χ1n) is 6.75. The monoisotopic (exact) mass is 270 g/mol. The highest BCUT2D eigenvalue weighted by molar-refractivity contribution is 5.39. The smallest absolute Gasteiger partial charge is 0.224 e. The molecule has 1 aliphatic rings. The van der Waals surface area contributed by atoms with Crippen molar-refractivity contribution in [3.63, 3.8) is 0 Å². The summed E-state index contributed by atoms with van der Waals surface area (Å²) in [4.78, 5) is 21.6. The summed E-state index contributed by atoms with van der Waals surface area (Å²) < 4.78 is 0. The summed E-state index contributed by atoms with van der Waals surface area (Å²) in [6, 6.07) is 2.01. The third-order valence-corrected chi connectivity index (χ3v) is 3.54. The van der Waals surface area contributed by atoms with E-state index in [0.29, 0.717) is 5.92 Å². The van der Waals surface area contributed by atoms with Crippen LogP contribution in [0.1, 0.15) is 18.0 Å². The summed E-state index contributed by atoms with van der Waals surface area (Å²) >= 11 is 0. The van der Waals surface area contributed by atoms with E-state index in [1.54, 1.807) is 12.4 Å². The van der Waals surface area contributed by atoms with Crippen LogP contribution in [0.25, 0.3) is 0 Å². The molecule has 104 valence electrons. The van der Waals surface area contributed by atoms with Gasteiger partial charge in [-0.2, -0.15) is 0 Å². The molecule has 0 spiro atoms. The fourth-order valence-corrected chi connectivity index (χ4v) is 2.47. The van der Waals surface area contributed by atoms with Gasteiger partial charge in [0, 0.05) is 51.7 Å². The van der Waals surface area contributed by atoms with Gasteiger partial charge in [0.25, 0.3) is 0 Å². The molecule has 0 N–H and O–H groups in total. The van der Waals surface area contributed by atoms with Crippen molar-refractivity contribution in [1.82, 2.24) is 19.9 Å². The number of anilines is 2. The summed E-state index contributed by atoms with van der Waals surface area (Å²) in [6.07, 6.45) is 8.17. The summed E-state index contributed by atoms with van der Waals surface area (Å²) in [5.74, 6) is 2.14.